The molecule has 0 amide bonds. The van der Waals surface area contributed by atoms with Crippen LogP contribution in [-0.4, -0.2) is 21.6 Å². The molecule has 4 nitrogen and oxygen atoms in total. The van der Waals surface area contributed by atoms with Crippen molar-refractivity contribution in [1.29, 1.82) is 0 Å². The summed E-state index contributed by atoms with van der Waals surface area (Å²) >= 11 is 3.47. The lowest BCUT2D eigenvalue weighted by molar-refractivity contribution is -0.682. The van der Waals surface area contributed by atoms with Crippen LogP contribution in [0, 0.1) is 28.6 Å². The third-order valence-electron chi connectivity index (χ3n) is 10.6. The first kappa shape index (κ1) is 23.7. The normalized spacial score (nSPS) is 38.3. The van der Waals surface area contributed by atoms with Crippen LogP contribution in [0.2, 0.25) is 0 Å². The summed E-state index contributed by atoms with van der Waals surface area (Å²) in [6.07, 6.45) is 18.2. The highest BCUT2D eigenvalue weighted by molar-refractivity contribution is 9.10. The molecule has 0 radical (unpaired) electrons. The van der Waals surface area contributed by atoms with E-state index in [1.165, 1.54) is 32.1 Å². The molecule has 3 saturated carbocycles. The zero-order chi connectivity index (χ0) is 24.4. The van der Waals surface area contributed by atoms with E-state index in [0.29, 0.717) is 23.4 Å². The molecule has 4 aliphatic rings. The predicted octanol–water partition coefficient (Wildman–Crippen LogP) is 6.29. The Labute approximate surface area is 217 Å². The van der Waals surface area contributed by atoms with Gasteiger partial charge in [0.2, 0.25) is 12.1 Å². The first-order chi connectivity index (χ1) is 16.8. The number of hydrogen-bond acceptors (Lipinski definition) is 2. The molecule has 0 aliphatic heterocycles. The number of aliphatic hydroxyl groups is 1. The Morgan fingerprint density at radius 1 is 1.17 bits per heavy atom. The fourth-order valence-corrected chi connectivity index (χ4v) is 9.11. The summed E-state index contributed by atoms with van der Waals surface area (Å²) in [5.41, 5.74) is 2.91. The maximum Gasteiger partial charge on any atom is 0.244 e. The van der Waals surface area contributed by atoms with Gasteiger partial charge in [0.25, 0.3) is 0 Å². The van der Waals surface area contributed by atoms with Crippen molar-refractivity contribution in [1.82, 2.24) is 4.57 Å². The molecule has 1 aromatic carbocycles. The molecule has 5 heteroatoms. The van der Waals surface area contributed by atoms with Gasteiger partial charge >= 0.3 is 0 Å². The van der Waals surface area contributed by atoms with E-state index in [1.807, 2.05) is 24.3 Å². The monoisotopic (exact) mass is 537 g/mol. The number of carbonyl (C=O) groups excluding carboxylic acids is 1. The first-order valence-electron chi connectivity index (χ1n) is 13.5. The number of aromatic nitrogens is 2. The van der Waals surface area contributed by atoms with Crippen LogP contribution in [0.5, 0.6) is 0 Å². The maximum absolute atomic E-state index is 12.8. The van der Waals surface area contributed by atoms with Gasteiger partial charge in [0, 0.05) is 15.5 Å². The fourth-order valence-electron chi connectivity index (χ4n) is 8.71. The molecule has 35 heavy (non-hydrogen) atoms. The molecule has 4 aliphatic carbocycles. The standard InChI is InChI=1S/C30H38BrN2O2/c1-29-12-10-23(34)17-21(29)6-7-24-25-8-9-28(30(25,2)13-11-26(24)29)33-15-14-32(19-33)18-27(35)20-4-3-5-22(31)16-20/h3-6,14-16,19,23-26,28,34H,7-13,17-18H2,1-2H3/q+1/t23-,24-,25-,26-,28-,29-,30-/m0/s1. The average Bonchev–Trinajstić information content (AvgIpc) is 3.43. The van der Waals surface area contributed by atoms with E-state index in [4.69, 9.17) is 0 Å². The summed E-state index contributed by atoms with van der Waals surface area (Å²) in [6.45, 7) is 5.43. The molecule has 0 spiro atoms. The maximum atomic E-state index is 12.8. The molecule has 0 saturated heterocycles. The molecule has 1 aromatic heterocycles. The number of Topliss-reactive ketones (excluding diaryl/α,β-unsaturated/α-hetero) is 1. The van der Waals surface area contributed by atoms with Gasteiger partial charge in [-0.15, -0.1) is 0 Å². The minimum atomic E-state index is -0.133. The number of allylic oxidation sites excluding steroid dienone is 1. The van der Waals surface area contributed by atoms with Crippen LogP contribution < -0.4 is 4.57 Å². The molecule has 0 unspecified atom stereocenters. The Bertz CT molecular complexity index is 1170. The summed E-state index contributed by atoms with van der Waals surface area (Å²) < 4.78 is 5.40. The van der Waals surface area contributed by atoms with Crippen molar-refractivity contribution < 1.29 is 14.5 Å². The Kier molecular flexibility index (Phi) is 5.88. The van der Waals surface area contributed by atoms with E-state index in [1.54, 1.807) is 5.57 Å². The van der Waals surface area contributed by atoms with Crippen molar-refractivity contribution in [2.75, 3.05) is 0 Å². The Morgan fingerprint density at radius 2 is 2.03 bits per heavy atom. The predicted molar refractivity (Wildman–Crippen MR) is 140 cm³/mol. The van der Waals surface area contributed by atoms with E-state index in [2.05, 4.69) is 63.7 Å². The second-order valence-electron chi connectivity index (χ2n) is 12.3. The Morgan fingerprint density at radius 3 is 2.86 bits per heavy atom. The molecular formula is C30H38BrN2O2+. The van der Waals surface area contributed by atoms with Crippen LogP contribution in [0.1, 0.15) is 81.6 Å². The fraction of sp³-hybridized carbons (Fsp3) is 0.600. The van der Waals surface area contributed by atoms with Gasteiger partial charge < -0.3 is 5.11 Å². The van der Waals surface area contributed by atoms with Crippen LogP contribution in [0.15, 0.2) is 59.1 Å². The molecule has 1 heterocycles. The molecule has 0 bridgehead atoms. The number of halogens is 1. The van der Waals surface area contributed by atoms with Crippen LogP contribution in [0.3, 0.4) is 0 Å². The van der Waals surface area contributed by atoms with Crippen LogP contribution in [0.4, 0.5) is 0 Å². The van der Waals surface area contributed by atoms with Gasteiger partial charge in [-0.3, -0.25) is 4.79 Å². The van der Waals surface area contributed by atoms with E-state index < -0.39 is 0 Å². The van der Waals surface area contributed by atoms with Gasteiger partial charge in [-0.25, -0.2) is 9.13 Å². The molecule has 186 valence electrons. The van der Waals surface area contributed by atoms with Gasteiger partial charge in [0.1, 0.15) is 18.4 Å². The van der Waals surface area contributed by atoms with E-state index in [-0.39, 0.29) is 11.9 Å². The Hall–Kier alpha value is -1.72. The van der Waals surface area contributed by atoms with Crippen molar-refractivity contribution in [2.45, 2.75) is 83.9 Å². The van der Waals surface area contributed by atoms with Gasteiger partial charge in [-0.2, -0.15) is 0 Å². The number of rotatable bonds is 4. The second-order valence-corrected chi connectivity index (χ2v) is 13.2. The Balaban J connectivity index is 1.20. The molecule has 2 aromatic rings. The lowest BCUT2D eigenvalue weighted by atomic mass is 9.48. The van der Waals surface area contributed by atoms with Gasteiger partial charge in [0.15, 0.2) is 6.54 Å². The molecule has 1 N–H and O–H groups in total. The lowest BCUT2D eigenvalue weighted by Gasteiger charge is -2.57. The smallest absolute Gasteiger partial charge is 0.244 e. The number of aliphatic hydroxyl groups excluding tert-OH is 1. The van der Waals surface area contributed by atoms with Gasteiger partial charge in [-0.05, 0) is 86.7 Å². The highest BCUT2D eigenvalue weighted by Gasteiger charge is 2.60. The quantitative estimate of drug-likeness (QED) is 0.283. The molecule has 7 atom stereocenters. The van der Waals surface area contributed by atoms with Crippen molar-refractivity contribution in [3.05, 3.63) is 64.7 Å². The number of benzene rings is 1. The summed E-state index contributed by atoms with van der Waals surface area (Å²) in [4.78, 5) is 12.8. The van der Waals surface area contributed by atoms with Crippen LogP contribution >= 0.6 is 15.9 Å². The first-order valence-corrected chi connectivity index (χ1v) is 14.3. The third-order valence-corrected chi connectivity index (χ3v) is 11.1. The minimum absolute atomic E-state index is 0.133. The molecule has 3 fully saturated rings. The van der Waals surface area contributed by atoms with E-state index >= 15 is 0 Å². The number of carbonyl (C=O) groups is 1. The molecular weight excluding hydrogens is 500 g/mol. The number of fused-ring (bicyclic) bond motifs is 5. The van der Waals surface area contributed by atoms with Crippen molar-refractivity contribution in [3.8, 4) is 0 Å². The van der Waals surface area contributed by atoms with Gasteiger partial charge in [0.05, 0.1) is 6.10 Å². The van der Waals surface area contributed by atoms with Crippen molar-refractivity contribution >= 4 is 21.7 Å². The number of hydrogen-bond donors (Lipinski definition) is 1. The van der Waals surface area contributed by atoms with Crippen LogP contribution in [0.25, 0.3) is 0 Å². The number of nitrogens with zero attached hydrogens (tertiary/aromatic N) is 2. The summed E-state index contributed by atoms with van der Waals surface area (Å²) in [5.74, 6) is 2.43. The summed E-state index contributed by atoms with van der Waals surface area (Å²) in [5, 5.41) is 10.3. The minimum Gasteiger partial charge on any atom is -0.393 e. The second kappa shape index (κ2) is 8.69. The van der Waals surface area contributed by atoms with E-state index in [9.17, 15) is 9.90 Å². The summed E-state index contributed by atoms with van der Waals surface area (Å²) in [7, 11) is 0. The topological polar surface area (TPSA) is 46.1 Å². The SMILES string of the molecule is C[C@]12CC[C@H]3[C@@H](CC=C4C[C@@H](O)CC[C@@]43C)[C@@H]1CC[C@@H]2n1cc[n+](CC(=O)c2cccc(Br)c2)c1. The largest absolute Gasteiger partial charge is 0.393 e. The third kappa shape index (κ3) is 3.89. The van der Waals surface area contributed by atoms with Crippen molar-refractivity contribution in [2.24, 2.45) is 28.6 Å². The zero-order valence-electron chi connectivity index (χ0n) is 21.0. The lowest BCUT2D eigenvalue weighted by Crippen LogP contribution is -2.50. The highest BCUT2D eigenvalue weighted by Crippen LogP contribution is 2.67. The van der Waals surface area contributed by atoms with Gasteiger partial charge in [-0.1, -0.05) is 53.6 Å². The highest BCUT2D eigenvalue weighted by atomic mass is 79.9. The van der Waals surface area contributed by atoms with Crippen LogP contribution in [-0.2, 0) is 6.54 Å². The number of imidazole rings is 1. The van der Waals surface area contributed by atoms with Crippen molar-refractivity contribution in [3.63, 3.8) is 0 Å². The number of ketones is 1. The summed E-state index contributed by atoms with van der Waals surface area (Å²) in [6, 6.07) is 8.17. The van der Waals surface area contributed by atoms with E-state index in [0.717, 1.165) is 47.1 Å². The molecule has 6 rings (SSSR count). The average molecular weight is 539 g/mol. The zero-order valence-corrected chi connectivity index (χ0v) is 22.6.